The van der Waals surface area contributed by atoms with Gasteiger partial charge in [-0.1, -0.05) is 0 Å². The summed E-state index contributed by atoms with van der Waals surface area (Å²) in [5.41, 5.74) is 3.64. The number of likely N-dealkylation sites (N-methyl/N-ethyl adjacent to an activating group) is 1. The fourth-order valence-electron chi connectivity index (χ4n) is 2.58. The van der Waals surface area contributed by atoms with E-state index in [0.717, 1.165) is 18.7 Å². The molecule has 0 radical (unpaired) electrons. The van der Waals surface area contributed by atoms with E-state index in [1.807, 2.05) is 31.3 Å². The van der Waals surface area contributed by atoms with Crippen LogP contribution in [-0.4, -0.2) is 29.5 Å². The van der Waals surface area contributed by atoms with Gasteiger partial charge in [-0.05, 0) is 60.5 Å². The molecule has 1 amide bonds. The summed E-state index contributed by atoms with van der Waals surface area (Å²) in [7, 11) is 1.98. The zero-order chi connectivity index (χ0) is 19.1. The monoisotopic (exact) mass is 357 g/mol. The lowest BCUT2D eigenvalue weighted by molar-refractivity contribution is 0.102. The third kappa shape index (κ3) is 4.89. The number of nitriles is 1. The van der Waals surface area contributed by atoms with Gasteiger partial charge in [0.25, 0.3) is 5.91 Å². The minimum Gasteiger partial charge on any atom is -0.374 e. The number of carbonyl (C=O) groups is 1. The molecule has 6 heteroatoms. The van der Waals surface area contributed by atoms with Crippen LogP contribution in [0.1, 0.15) is 21.6 Å². The van der Waals surface area contributed by atoms with Gasteiger partial charge in [0.05, 0.1) is 11.6 Å². The number of nitrogens with zero attached hydrogens (tertiary/aromatic N) is 4. The Morgan fingerprint density at radius 2 is 1.85 bits per heavy atom. The molecule has 1 N–H and O–H groups in total. The summed E-state index contributed by atoms with van der Waals surface area (Å²) in [5.74, 6) is -0.288. The van der Waals surface area contributed by atoms with E-state index in [2.05, 4.69) is 20.2 Å². The molecular formula is C21H19N5O. The van der Waals surface area contributed by atoms with Crippen molar-refractivity contribution in [3.05, 3.63) is 83.9 Å². The van der Waals surface area contributed by atoms with Gasteiger partial charge in [0, 0.05) is 43.6 Å². The highest BCUT2D eigenvalue weighted by Crippen LogP contribution is 2.16. The van der Waals surface area contributed by atoms with Crippen molar-refractivity contribution in [3.8, 4) is 6.07 Å². The van der Waals surface area contributed by atoms with Crippen molar-refractivity contribution in [2.75, 3.05) is 23.8 Å². The van der Waals surface area contributed by atoms with Crippen LogP contribution in [0.4, 0.5) is 11.4 Å². The third-order valence-corrected chi connectivity index (χ3v) is 4.17. The molecule has 0 saturated carbocycles. The van der Waals surface area contributed by atoms with Crippen molar-refractivity contribution < 1.29 is 4.79 Å². The number of benzene rings is 1. The van der Waals surface area contributed by atoms with Crippen LogP contribution < -0.4 is 10.2 Å². The summed E-state index contributed by atoms with van der Waals surface area (Å²) in [5, 5.41) is 11.6. The lowest BCUT2D eigenvalue weighted by Gasteiger charge is -2.19. The van der Waals surface area contributed by atoms with Gasteiger partial charge in [0.15, 0.2) is 0 Å². The molecular weight excluding hydrogens is 338 g/mol. The summed E-state index contributed by atoms with van der Waals surface area (Å²) in [6.07, 6.45) is 6.08. The van der Waals surface area contributed by atoms with E-state index in [1.54, 1.807) is 48.9 Å². The third-order valence-electron chi connectivity index (χ3n) is 4.17. The van der Waals surface area contributed by atoms with E-state index in [-0.39, 0.29) is 5.91 Å². The molecule has 2 heterocycles. The van der Waals surface area contributed by atoms with Crippen LogP contribution in [0, 0.1) is 11.3 Å². The van der Waals surface area contributed by atoms with E-state index in [1.165, 1.54) is 5.56 Å². The average molecular weight is 357 g/mol. The van der Waals surface area contributed by atoms with E-state index < -0.39 is 0 Å². The number of aromatic nitrogens is 2. The summed E-state index contributed by atoms with van der Waals surface area (Å²) in [6, 6.07) is 16.4. The van der Waals surface area contributed by atoms with Crippen LogP contribution in [0.25, 0.3) is 0 Å². The second-order valence-electron chi connectivity index (χ2n) is 6.07. The predicted molar refractivity (Wildman–Crippen MR) is 105 cm³/mol. The van der Waals surface area contributed by atoms with Crippen molar-refractivity contribution in [1.29, 1.82) is 5.26 Å². The SMILES string of the molecule is CN(CCc1ccncc1)c1ccnc(C(=O)Nc2ccc(C#N)cc2)c1. The molecule has 0 fully saturated rings. The zero-order valence-corrected chi connectivity index (χ0v) is 15.0. The van der Waals surface area contributed by atoms with Crippen molar-refractivity contribution >= 4 is 17.3 Å². The minimum atomic E-state index is -0.288. The lowest BCUT2D eigenvalue weighted by Crippen LogP contribution is -2.21. The molecule has 0 aliphatic heterocycles. The molecule has 27 heavy (non-hydrogen) atoms. The van der Waals surface area contributed by atoms with Crippen LogP contribution in [-0.2, 0) is 6.42 Å². The Morgan fingerprint density at radius 1 is 1.11 bits per heavy atom. The first-order valence-electron chi connectivity index (χ1n) is 8.53. The van der Waals surface area contributed by atoms with Crippen LogP contribution in [0.15, 0.2) is 67.1 Å². The summed E-state index contributed by atoms with van der Waals surface area (Å²) in [4.78, 5) is 22.7. The molecule has 0 atom stereocenters. The molecule has 0 unspecified atom stereocenters. The first-order chi connectivity index (χ1) is 13.2. The van der Waals surface area contributed by atoms with Crippen LogP contribution in [0.2, 0.25) is 0 Å². The molecule has 0 aliphatic rings. The summed E-state index contributed by atoms with van der Waals surface area (Å²) in [6.45, 7) is 0.810. The second kappa shape index (κ2) is 8.59. The first kappa shape index (κ1) is 18.1. The van der Waals surface area contributed by atoms with Gasteiger partial charge in [-0.2, -0.15) is 5.26 Å². The average Bonchev–Trinajstić information content (AvgIpc) is 2.73. The number of nitrogens with one attached hydrogen (secondary N) is 1. The minimum absolute atomic E-state index is 0.288. The Balaban J connectivity index is 1.64. The number of anilines is 2. The van der Waals surface area contributed by atoms with Crippen LogP contribution in [0.3, 0.4) is 0 Å². The van der Waals surface area contributed by atoms with Gasteiger partial charge < -0.3 is 10.2 Å². The topological polar surface area (TPSA) is 81.9 Å². The number of hydrogen-bond donors (Lipinski definition) is 1. The molecule has 3 aromatic rings. The van der Waals surface area contributed by atoms with Crippen molar-refractivity contribution in [1.82, 2.24) is 9.97 Å². The number of amides is 1. The molecule has 0 aliphatic carbocycles. The van der Waals surface area contributed by atoms with Crippen molar-refractivity contribution in [3.63, 3.8) is 0 Å². The normalized spacial score (nSPS) is 10.1. The lowest BCUT2D eigenvalue weighted by atomic mass is 10.2. The number of hydrogen-bond acceptors (Lipinski definition) is 5. The van der Waals surface area contributed by atoms with Gasteiger partial charge >= 0.3 is 0 Å². The Hall–Kier alpha value is -3.72. The maximum atomic E-state index is 12.5. The Bertz CT molecular complexity index is 948. The fourth-order valence-corrected chi connectivity index (χ4v) is 2.58. The molecule has 134 valence electrons. The standard InChI is InChI=1S/C21H19N5O/c1-26(13-9-16-6-10-23-11-7-16)19-8-12-24-20(14-19)21(27)25-18-4-2-17(15-22)3-5-18/h2-8,10-12,14H,9,13H2,1H3,(H,25,27). The Kier molecular flexibility index (Phi) is 5.75. The Morgan fingerprint density at radius 3 is 2.56 bits per heavy atom. The summed E-state index contributed by atoms with van der Waals surface area (Å²) < 4.78 is 0. The molecule has 3 rings (SSSR count). The number of carbonyl (C=O) groups excluding carboxylic acids is 1. The number of rotatable bonds is 6. The van der Waals surface area contributed by atoms with Crippen LogP contribution in [0.5, 0.6) is 0 Å². The smallest absolute Gasteiger partial charge is 0.274 e. The fraction of sp³-hybridized carbons (Fsp3) is 0.143. The van der Waals surface area contributed by atoms with Gasteiger partial charge in [-0.25, -0.2) is 0 Å². The number of pyridine rings is 2. The quantitative estimate of drug-likeness (QED) is 0.732. The molecule has 2 aromatic heterocycles. The molecule has 6 nitrogen and oxygen atoms in total. The highest BCUT2D eigenvalue weighted by atomic mass is 16.1. The summed E-state index contributed by atoms with van der Waals surface area (Å²) >= 11 is 0. The Labute approximate surface area is 158 Å². The van der Waals surface area contributed by atoms with Gasteiger partial charge in [0.1, 0.15) is 5.69 Å². The van der Waals surface area contributed by atoms with Gasteiger partial charge in [0.2, 0.25) is 0 Å². The molecule has 1 aromatic carbocycles. The van der Waals surface area contributed by atoms with Crippen molar-refractivity contribution in [2.24, 2.45) is 0 Å². The van der Waals surface area contributed by atoms with Gasteiger partial charge in [-0.15, -0.1) is 0 Å². The maximum Gasteiger partial charge on any atom is 0.274 e. The largest absolute Gasteiger partial charge is 0.374 e. The van der Waals surface area contributed by atoms with E-state index >= 15 is 0 Å². The highest BCUT2D eigenvalue weighted by molar-refractivity contribution is 6.03. The molecule has 0 saturated heterocycles. The maximum absolute atomic E-state index is 12.5. The molecule has 0 bridgehead atoms. The predicted octanol–water partition coefficient (Wildman–Crippen LogP) is 3.28. The van der Waals surface area contributed by atoms with Crippen LogP contribution >= 0.6 is 0 Å². The van der Waals surface area contributed by atoms with Crippen molar-refractivity contribution in [2.45, 2.75) is 6.42 Å². The van der Waals surface area contributed by atoms with E-state index in [9.17, 15) is 4.79 Å². The highest BCUT2D eigenvalue weighted by Gasteiger charge is 2.10. The van der Waals surface area contributed by atoms with E-state index in [0.29, 0.717) is 16.9 Å². The first-order valence-corrected chi connectivity index (χ1v) is 8.53. The molecule has 0 spiro atoms. The zero-order valence-electron chi connectivity index (χ0n) is 15.0. The van der Waals surface area contributed by atoms with Gasteiger partial charge in [-0.3, -0.25) is 14.8 Å². The van der Waals surface area contributed by atoms with E-state index in [4.69, 9.17) is 5.26 Å². The second-order valence-corrected chi connectivity index (χ2v) is 6.07.